The van der Waals surface area contributed by atoms with Crippen molar-refractivity contribution in [1.29, 1.82) is 0 Å². The van der Waals surface area contributed by atoms with Gasteiger partial charge >= 0.3 is 0 Å². The van der Waals surface area contributed by atoms with E-state index in [1.54, 1.807) is 6.07 Å². The Morgan fingerprint density at radius 1 is 1.20 bits per heavy atom. The highest BCUT2D eigenvalue weighted by Crippen LogP contribution is 2.28. The lowest BCUT2D eigenvalue weighted by Crippen LogP contribution is -2.19. The molecule has 1 N–H and O–H groups in total. The minimum absolute atomic E-state index is 0.144. The second-order valence-corrected chi connectivity index (χ2v) is 6.41. The Hall–Kier alpha value is -0.710. The van der Waals surface area contributed by atoms with E-state index in [9.17, 15) is 4.39 Å². The Morgan fingerprint density at radius 2 is 1.95 bits per heavy atom. The number of halogens is 3. The summed E-state index contributed by atoms with van der Waals surface area (Å²) in [7, 11) is 1.92. The molecule has 0 aliphatic heterocycles. The van der Waals surface area contributed by atoms with E-state index in [1.165, 1.54) is 17.2 Å². The maximum absolute atomic E-state index is 13.6. The molecule has 2 rings (SSSR count). The standard InChI is InChI=1S/C16H16Br2FN/c1-10-6-7-11(8-13(10)17)15(20-2)9-12-4-3-5-14(19)16(12)18/h3-8,15,20H,9H2,1-2H3. The smallest absolute Gasteiger partial charge is 0.137 e. The summed E-state index contributed by atoms with van der Waals surface area (Å²) in [6.45, 7) is 2.06. The monoisotopic (exact) mass is 399 g/mol. The van der Waals surface area contributed by atoms with Gasteiger partial charge in [-0.2, -0.15) is 0 Å². The Balaban J connectivity index is 2.28. The predicted octanol–water partition coefficient (Wildman–Crippen LogP) is 5.16. The highest BCUT2D eigenvalue weighted by Gasteiger charge is 2.14. The first-order chi connectivity index (χ1) is 9.52. The Bertz CT molecular complexity index is 613. The van der Waals surface area contributed by atoms with E-state index in [1.807, 2.05) is 13.1 Å². The molecular weight excluding hydrogens is 385 g/mol. The summed E-state index contributed by atoms with van der Waals surface area (Å²) in [5.74, 6) is -0.220. The van der Waals surface area contributed by atoms with Crippen LogP contribution in [0.5, 0.6) is 0 Å². The molecule has 1 atom stereocenters. The lowest BCUT2D eigenvalue weighted by atomic mass is 9.98. The van der Waals surface area contributed by atoms with Gasteiger partial charge < -0.3 is 5.32 Å². The number of rotatable bonds is 4. The van der Waals surface area contributed by atoms with Gasteiger partial charge in [0.25, 0.3) is 0 Å². The molecule has 20 heavy (non-hydrogen) atoms. The highest BCUT2D eigenvalue weighted by molar-refractivity contribution is 9.10. The first-order valence-corrected chi connectivity index (χ1v) is 7.97. The molecule has 1 unspecified atom stereocenters. The quantitative estimate of drug-likeness (QED) is 0.747. The van der Waals surface area contributed by atoms with Gasteiger partial charge in [0, 0.05) is 10.5 Å². The predicted molar refractivity (Wildman–Crippen MR) is 88.5 cm³/mol. The van der Waals surface area contributed by atoms with Gasteiger partial charge in [0.15, 0.2) is 0 Å². The first kappa shape index (κ1) is 15.7. The van der Waals surface area contributed by atoms with Gasteiger partial charge in [-0.3, -0.25) is 0 Å². The normalized spacial score (nSPS) is 12.4. The van der Waals surface area contributed by atoms with E-state index < -0.39 is 0 Å². The van der Waals surface area contributed by atoms with Crippen molar-refractivity contribution in [1.82, 2.24) is 5.32 Å². The van der Waals surface area contributed by atoms with E-state index in [-0.39, 0.29) is 11.9 Å². The van der Waals surface area contributed by atoms with Crippen LogP contribution in [0.4, 0.5) is 4.39 Å². The zero-order chi connectivity index (χ0) is 14.7. The van der Waals surface area contributed by atoms with Gasteiger partial charge in [0.1, 0.15) is 5.82 Å². The molecule has 0 amide bonds. The minimum Gasteiger partial charge on any atom is -0.313 e. The van der Waals surface area contributed by atoms with Crippen LogP contribution in [0.3, 0.4) is 0 Å². The molecule has 0 radical (unpaired) electrons. The largest absolute Gasteiger partial charge is 0.313 e. The zero-order valence-corrected chi connectivity index (χ0v) is 14.6. The summed E-state index contributed by atoms with van der Waals surface area (Å²) in [4.78, 5) is 0. The third-order valence-corrected chi connectivity index (χ3v) is 5.14. The summed E-state index contributed by atoms with van der Waals surface area (Å²) in [5.41, 5.74) is 3.35. The van der Waals surface area contributed by atoms with Crippen molar-refractivity contribution >= 4 is 31.9 Å². The molecule has 0 heterocycles. The van der Waals surface area contributed by atoms with Crippen LogP contribution in [0.15, 0.2) is 45.3 Å². The van der Waals surface area contributed by atoms with Gasteiger partial charge in [-0.25, -0.2) is 4.39 Å². The molecule has 0 fully saturated rings. The molecule has 0 spiro atoms. The van der Waals surface area contributed by atoms with Crippen LogP contribution >= 0.6 is 31.9 Å². The lowest BCUT2D eigenvalue weighted by molar-refractivity contribution is 0.580. The van der Waals surface area contributed by atoms with E-state index in [0.29, 0.717) is 4.47 Å². The molecular formula is C16H16Br2FN. The second kappa shape index (κ2) is 6.83. The first-order valence-electron chi connectivity index (χ1n) is 6.39. The Labute approximate surface area is 135 Å². The molecule has 0 bridgehead atoms. The number of aryl methyl sites for hydroxylation is 1. The summed E-state index contributed by atoms with van der Waals surface area (Å²) in [5, 5.41) is 3.30. The molecule has 2 aromatic carbocycles. The molecule has 2 aromatic rings. The summed E-state index contributed by atoms with van der Waals surface area (Å²) < 4.78 is 15.2. The lowest BCUT2D eigenvalue weighted by Gasteiger charge is -2.18. The van der Waals surface area contributed by atoms with Crippen molar-refractivity contribution in [2.75, 3.05) is 7.05 Å². The van der Waals surface area contributed by atoms with Crippen molar-refractivity contribution in [3.63, 3.8) is 0 Å². The zero-order valence-electron chi connectivity index (χ0n) is 11.4. The topological polar surface area (TPSA) is 12.0 Å². The molecule has 0 saturated heterocycles. The molecule has 0 aromatic heterocycles. The second-order valence-electron chi connectivity index (χ2n) is 4.77. The fraction of sp³-hybridized carbons (Fsp3) is 0.250. The number of likely N-dealkylation sites (N-methyl/N-ethyl adjacent to an activating group) is 1. The number of hydrogen-bond donors (Lipinski definition) is 1. The molecule has 0 saturated carbocycles. The van der Waals surface area contributed by atoms with E-state index in [2.05, 4.69) is 62.3 Å². The fourth-order valence-electron chi connectivity index (χ4n) is 2.14. The SMILES string of the molecule is CNC(Cc1cccc(F)c1Br)c1ccc(C)c(Br)c1. The van der Waals surface area contributed by atoms with E-state index >= 15 is 0 Å². The van der Waals surface area contributed by atoms with Gasteiger partial charge in [-0.15, -0.1) is 0 Å². The van der Waals surface area contributed by atoms with Crippen molar-refractivity contribution in [3.05, 3.63) is 67.9 Å². The number of hydrogen-bond acceptors (Lipinski definition) is 1. The number of benzene rings is 2. The summed E-state index contributed by atoms with van der Waals surface area (Å²) in [6.07, 6.45) is 0.727. The highest BCUT2D eigenvalue weighted by atomic mass is 79.9. The molecule has 106 valence electrons. The third kappa shape index (κ3) is 3.48. The van der Waals surface area contributed by atoms with Crippen LogP contribution in [0.1, 0.15) is 22.7 Å². The van der Waals surface area contributed by atoms with Crippen LogP contribution in [0, 0.1) is 12.7 Å². The molecule has 0 aliphatic rings. The van der Waals surface area contributed by atoms with Crippen LogP contribution in [-0.4, -0.2) is 7.05 Å². The van der Waals surface area contributed by atoms with Crippen molar-refractivity contribution in [2.45, 2.75) is 19.4 Å². The molecule has 1 nitrogen and oxygen atoms in total. The van der Waals surface area contributed by atoms with Crippen LogP contribution in [0.25, 0.3) is 0 Å². The number of nitrogens with one attached hydrogen (secondary N) is 1. The maximum Gasteiger partial charge on any atom is 0.137 e. The van der Waals surface area contributed by atoms with Crippen LogP contribution in [0.2, 0.25) is 0 Å². The summed E-state index contributed by atoms with van der Waals surface area (Å²) in [6, 6.07) is 11.6. The maximum atomic E-state index is 13.6. The van der Waals surface area contributed by atoms with Gasteiger partial charge in [-0.1, -0.05) is 40.2 Å². The third-order valence-electron chi connectivity index (χ3n) is 3.40. The fourth-order valence-corrected chi connectivity index (χ4v) is 2.96. The Morgan fingerprint density at radius 3 is 2.60 bits per heavy atom. The van der Waals surface area contributed by atoms with E-state index in [4.69, 9.17) is 0 Å². The average Bonchev–Trinajstić information content (AvgIpc) is 2.44. The van der Waals surface area contributed by atoms with Gasteiger partial charge in [-0.05, 0) is 65.1 Å². The molecule has 4 heteroatoms. The van der Waals surface area contributed by atoms with Crippen LogP contribution < -0.4 is 5.32 Å². The van der Waals surface area contributed by atoms with Crippen molar-refractivity contribution in [3.8, 4) is 0 Å². The van der Waals surface area contributed by atoms with Gasteiger partial charge in [0.2, 0.25) is 0 Å². The van der Waals surface area contributed by atoms with Gasteiger partial charge in [0.05, 0.1) is 4.47 Å². The van der Waals surface area contributed by atoms with Crippen LogP contribution in [-0.2, 0) is 6.42 Å². The van der Waals surface area contributed by atoms with E-state index in [0.717, 1.165) is 16.5 Å². The minimum atomic E-state index is -0.220. The summed E-state index contributed by atoms with van der Waals surface area (Å²) >= 11 is 6.88. The average molecular weight is 401 g/mol. The molecule has 0 aliphatic carbocycles. The van der Waals surface area contributed by atoms with Crippen molar-refractivity contribution < 1.29 is 4.39 Å². The van der Waals surface area contributed by atoms with Crippen molar-refractivity contribution in [2.24, 2.45) is 0 Å². The Kier molecular flexibility index (Phi) is 5.35.